The van der Waals surface area contributed by atoms with Gasteiger partial charge >= 0.3 is 12.0 Å². The van der Waals surface area contributed by atoms with Gasteiger partial charge < -0.3 is 9.47 Å². The molecular formula is C26H19BrN2O6. The van der Waals surface area contributed by atoms with Crippen molar-refractivity contribution in [2.45, 2.75) is 6.61 Å². The fraction of sp³-hybridized carbons (Fsp3) is 0.0769. The monoisotopic (exact) mass is 534 g/mol. The van der Waals surface area contributed by atoms with Crippen LogP contribution in [0.5, 0.6) is 5.75 Å². The zero-order valence-corrected chi connectivity index (χ0v) is 20.1. The quantitative estimate of drug-likeness (QED) is 0.284. The number of anilines is 1. The molecule has 0 atom stereocenters. The predicted octanol–water partition coefficient (Wildman–Crippen LogP) is 4.48. The van der Waals surface area contributed by atoms with Crippen LogP contribution in [0, 0.1) is 0 Å². The molecule has 0 bridgehead atoms. The van der Waals surface area contributed by atoms with E-state index in [-0.39, 0.29) is 16.8 Å². The van der Waals surface area contributed by atoms with E-state index >= 15 is 0 Å². The number of carbonyl (C=O) groups is 4. The summed E-state index contributed by atoms with van der Waals surface area (Å²) in [6.07, 6.45) is 1.40. The van der Waals surface area contributed by atoms with Crippen LogP contribution in [0.15, 0.2) is 82.8 Å². The van der Waals surface area contributed by atoms with Crippen molar-refractivity contribution in [3.05, 3.63) is 99.5 Å². The van der Waals surface area contributed by atoms with E-state index in [9.17, 15) is 19.2 Å². The maximum absolute atomic E-state index is 13.1. The van der Waals surface area contributed by atoms with E-state index in [1.807, 2.05) is 24.3 Å². The highest BCUT2D eigenvalue weighted by molar-refractivity contribution is 9.10. The molecule has 8 nitrogen and oxygen atoms in total. The van der Waals surface area contributed by atoms with Crippen LogP contribution in [0.25, 0.3) is 6.08 Å². The van der Waals surface area contributed by atoms with E-state index in [2.05, 4.69) is 26.0 Å². The van der Waals surface area contributed by atoms with Gasteiger partial charge in [0.1, 0.15) is 17.9 Å². The predicted molar refractivity (Wildman–Crippen MR) is 132 cm³/mol. The lowest BCUT2D eigenvalue weighted by atomic mass is 10.1. The third-order valence-electron chi connectivity index (χ3n) is 5.14. The fourth-order valence-electron chi connectivity index (χ4n) is 3.36. The summed E-state index contributed by atoms with van der Waals surface area (Å²) in [4.78, 5) is 50.5. The minimum Gasteiger partial charge on any atom is -0.489 e. The van der Waals surface area contributed by atoms with Gasteiger partial charge in [0.05, 0.1) is 18.4 Å². The Labute approximate surface area is 209 Å². The number of nitrogens with zero attached hydrogens (tertiary/aromatic N) is 1. The second-order valence-electron chi connectivity index (χ2n) is 7.48. The molecule has 176 valence electrons. The van der Waals surface area contributed by atoms with Crippen molar-refractivity contribution >= 4 is 51.5 Å². The van der Waals surface area contributed by atoms with Gasteiger partial charge in [-0.3, -0.25) is 14.9 Å². The number of hydrogen-bond donors (Lipinski definition) is 1. The molecule has 0 spiro atoms. The third kappa shape index (κ3) is 5.47. The average Bonchev–Trinajstić information content (AvgIpc) is 2.86. The molecule has 1 aliphatic heterocycles. The highest BCUT2D eigenvalue weighted by Gasteiger charge is 2.36. The van der Waals surface area contributed by atoms with E-state index in [0.29, 0.717) is 17.9 Å². The van der Waals surface area contributed by atoms with Gasteiger partial charge in [-0.05, 0) is 65.7 Å². The van der Waals surface area contributed by atoms with E-state index in [4.69, 9.17) is 4.74 Å². The lowest BCUT2D eigenvalue weighted by Gasteiger charge is -2.26. The molecule has 1 fully saturated rings. The Hall–Kier alpha value is -4.24. The van der Waals surface area contributed by atoms with Crippen LogP contribution >= 0.6 is 15.9 Å². The minimum atomic E-state index is -0.880. The second kappa shape index (κ2) is 10.4. The van der Waals surface area contributed by atoms with Crippen LogP contribution < -0.4 is 15.0 Å². The van der Waals surface area contributed by atoms with Gasteiger partial charge in [-0.15, -0.1) is 0 Å². The summed E-state index contributed by atoms with van der Waals surface area (Å²) in [6.45, 7) is 0.344. The fourth-order valence-corrected chi connectivity index (χ4v) is 3.63. The SMILES string of the molecule is COC(=O)c1ccc(N2C(=O)NC(=O)/C(=C/c3cccc(OCc4ccc(Br)cc4)c3)C2=O)cc1. The van der Waals surface area contributed by atoms with E-state index in [1.165, 1.54) is 37.5 Å². The lowest BCUT2D eigenvalue weighted by molar-refractivity contribution is -0.122. The maximum atomic E-state index is 13.1. The summed E-state index contributed by atoms with van der Waals surface area (Å²) in [7, 11) is 1.25. The summed E-state index contributed by atoms with van der Waals surface area (Å²) in [5, 5.41) is 2.18. The van der Waals surface area contributed by atoms with Crippen molar-refractivity contribution < 1.29 is 28.7 Å². The number of barbiturate groups is 1. The van der Waals surface area contributed by atoms with E-state index < -0.39 is 23.8 Å². The number of urea groups is 1. The first-order valence-corrected chi connectivity index (χ1v) is 11.2. The molecule has 1 N–H and O–H groups in total. The van der Waals surface area contributed by atoms with Crippen LogP contribution in [0.1, 0.15) is 21.5 Å². The van der Waals surface area contributed by atoms with Gasteiger partial charge in [0, 0.05) is 4.47 Å². The smallest absolute Gasteiger partial charge is 0.337 e. The number of halogens is 1. The van der Waals surface area contributed by atoms with Crippen LogP contribution in [0.3, 0.4) is 0 Å². The van der Waals surface area contributed by atoms with Gasteiger partial charge in [-0.25, -0.2) is 14.5 Å². The van der Waals surface area contributed by atoms with Gasteiger partial charge in [0.25, 0.3) is 11.8 Å². The number of ether oxygens (including phenoxy) is 2. The highest BCUT2D eigenvalue weighted by Crippen LogP contribution is 2.24. The molecule has 35 heavy (non-hydrogen) atoms. The molecular weight excluding hydrogens is 516 g/mol. The van der Waals surface area contributed by atoms with Gasteiger partial charge in [-0.1, -0.05) is 40.2 Å². The number of methoxy groups -OCH3 is 1. The van der Waals surface area contributed by atoms with Gasteiger partial charge in [-0.2, -0.15) is 0 Å². The molecule has 0 aromatic heterocycles. The molecule has 4 amide bonds. The standard InChI is InChI=1S/C26H19BrN2O6/c1-34-25(32)18-7-11-20(12-8-18)29-24(31)22(23(30)28-26(29)33)14-17-3-2-4-21(13-17)35-15-16-5-9-19(27)10-6-16/h2-14H,15H2,1H3,(H,28,30,33)/b22-14-. The molecule has 4 rings (SSSR count). The van der Waals surface area contributed by atoms with Crippen LogP contribution in [0.4, 0.5) is 10.5 Å². The molecule has 3 aromatic carbocycles. The second-order valence-corrected chi connectivity index (χ2v) is 8.40. The zero-order valence-electron chi connectivity index (χ0n) is 18.5. The molecule has 9 heteroatoms. The number of imide groups is 2. The number of hydrogen-bond acceptors (Lipinski definition) is 6. The first kappa shape index (κ1) is 23.9. The highest BCUT2D eigenvalue weighted by atomic mass is 79.9. The summed E-state index contributed by atoms with van der Waals surface area (Å²) in [6, 6.07) is 19.4. The van der Waals surface area contributed by atoms with Crippen molar-refractivity contribution in [1.82, 2.24) is 5.32 Å². The number of benzene rings is 3. The summed E-state index contributed by atoms with van der Waals surface area (Å²) in [5.74, 6) is -1.59. The average molecular weight is 535 g/mol. The van der Waals surface area contributed by atoms with Gasteiger partial charge in [0.15, 0.2) is 0 Å². The molecule has 0 radical (unpaired) electrons. The molecule has 0 saturated carbocycles. The first-order chi connectivity index (χ1) is 16.9. The van der Waals surface area contributed by atoms with Crippen LogP contribution in [0.2, 0.25) is 0 Å². The largest absolute Gasteiger partial charge is 0.489 e. The Morgan fingerprint density at radius 2 is 1.71 bits per heavy atom. The minimum absolute atomic E-state index is 0.199. The Kier molecular flexibility index (Phi) is 7.07. The normalized spacial score (nSPS) is 14.6. The Morgan fingerprint density at radius 1 is 1.00 bits per heavy atom. The molecule has 1 aliphatic rings. The number of nitrogens with one attached hydrogen (secondary N) is 1. The topological polar surface area (TPSA) is 102 Å². The molecule has 0 aliphatic carbocycles. The summed E-state index contributed by atoms with van der Waals surface area (Å²) in [5.41, 5.74) is 1.77. The number of rotatable bonds is 6. The van der Waals surface area contributed by atoms with Crippen LogP contribution in [-0.2, 0) is 20.9 Å². The maximum Gasteiger partial charge on any atom is 0.337 e. The van der Waals surface area contributed by atoms with E-state index in [1.54, 1.807) is 24.3 Å². The van der Waals surface area contributed by atoms with Crippen LogP contribution in [-0.4, -0.2) is 30.9 Å². The van der Waals surface area contributed by atoms with Crippen molar-refractivity contribution in [1.29, 1.82) is 0 Å². The third-order valence-corrected chi connectivity index (χ3v) is 5.66. The van der Waals surface area contributed by atoms with Crippen molar-refractivity contribution in [2.75, 3.05) is 12.0 Å². The zero-order chi connectivity index (χ0) is 24.9. The Morgan fingerprint density at radius 3 is 2.40 bits per heavy atom. The van der Waals surface area contributed by atoms with Gasteiger partial charge in [0.2, 0.25) is 0 Å². The first-order valence-electron chi connectivity index (χ1n) is 10.4. The van der Waals surface area contributed by atoms with E-state index in [0.717, 1.165) is 14.9 Å². The Bertz CT molecular complexity index is 1330. The lowest BCUT2D eigenvalue weighted by Crippen LogP contribution is -2.54. The number of amides is 4. The molecule has 3 aromatic rings. The number of carbonyl (C=O) groups excluding carboxylic acids is 4. The molecule has 1 heterocycles. The molecule has 1 saturated heterocycles. The van der Waals surface area contributed by atoms with Crippen molar-refractivity contribution in [3.63, 3.8) is 0 Å². The van der Waals surface area contributed by atoms with Crippen molar-refractivity contribution in [2.24, 2.45) is 0 Å². The summed E-state index contributed by atoms with van der Waals surface area (Å²) >= 11 is 3.39. The Balaban J connectivity index is 1.55. The molecule has 0 unspecified atom stereocenters. The summed E-state index contributed by atoms with van der Waals surface area (Å²) < 4.78 is 11.5. The number of esters is 1. The van der Waals surface area contributed by atoms with Crippen molar-refractivity contribution in [3.8, 4) is 5.75 Å².